The molecule has 0 aliphatic rings. The summed E-state index contributed by atoms with van der Waals surface area (Å²) in [6.45, 7) is 0. The van der Waals surface area contributed by atoms with Crippen molar-refractivity contribution in [3.05, 3.63) is 176 Å². The molecule has 0 saturated carbocycles. The van der Waals surface area contributed by atoms with Crippen LogP contribution in [0.25, 0.3) is 111 Å². The Balaban J connectivity index is 1.06. The molecule has 0 aliphatic carbocycles. The van der Waals surface area contributed by atoms with Crippen molar-refractivity contribution < 1.29 is 8.83 Å². The van der Waals surface area contributed by atoms with Crippen molar-refractivity contribution in [2.45, 2.75) is 0 Å². The zero-order valence-corrected chi connectivity index (χ0v) is 28.9. The number of benzene rings is 8. The van der Waals surface area contributed by atoms with Crippen LogP contribution in [0.15, 0.2) is 185 Å². The van der Waals surface area contributed by atoms with Gasteiger partial charge in [0.05, 0.1) is 0 Å². The molecule has 8 aromatic carbocycles. The second kappa shape index (κ2) is 12.1. The summed E-state index contributed by atoms with van der Waals surface area (Å²) in [5.74, 6) is 1.80. The number of hydrogen-bond donors (Lipinski definition) is 0. The highest BCUT2D eigenvalue weighted by molar-refractivity contribution is 6.19. The highest BCUT2D eigenvalue weighted by atomic mass is 16.3. The molecule has 11 rings (SSSR count). The molecule has 0 fully saturated rings. The van der Waals surface area contributed by atoms with E-state index in [0.717, 1.165) is 88.0 Å². The van der Waals surface area contributed by atoms with Gasteiger partial charge in [0.15, 0.2) is 17.5 Å². The first kappa shape index (κ1) is 30.3. The van der Waals surface area contributed by atoms with E-state index in [0.29, 0.717) is 17.5 Å². The zero-order valence-electron chi connectivity index (χ0n) is 28.9. The van der Waals surface area contributed by atoms with E-state index in [1.54, 1.807) is 0 Å². The number of aromatic nitrogens is 3. The van der Waals surface area contributed by atoms with Crippen molar-refractivity contribution in [3.63, 3.8) is 0 Å². The minimum absolute atomic E-state index is 0.585. The fraction of sp³-hybridized carbons (Fsp3) is 0. The van der Waals surface area contributed by atoms with Crippen LogP contribution in [0.5, 0.6) is 0 Å². The second-order valence-electron chi connectivity index (χ2n) is 13.6. The van der Waals surface area contributed by atoms with Gasteiger partial charge < -0.3 is 8.83 Å². The van der Waals surface area contributed by atoms with Crippen molar-refractivity contribution >= 4 is 54.6 Å². The summed E-state index contributed by atoms with van der Waals surface area (Å²) in [4.78, 5) is 15.0. The first-order valence-corrected chi connectivity index (χ1v) is 18.0. The van der Waals surface area contributed by atoms with Crippen LogP contribution in [-0.2, 0) is 0 Å². The SMILES string of the molecule is c1ccc(-c2ccc3c(c2)c(-c2ccc(-c4nc(-c5ccccc5)nc(-c5ccc6c(c5)oc5ccccc56)n4)cc2)cc2c4ccccc4oc32)cc1. The van der Waals surface area contributed by atoms with Gasteiger partial charge in [-0.1, -0.05) is 133 Å². The quantitative estimate of drug-likeness (QED) is 0.180. The van der Waals surface area contributed by atoms with Gasteiger partial charge in [0.2, 0.25) is 0 Å². The van der Waals surface area contributed by atoms with Gasteiger partial charge in [0.25, 0.3) is 0 Å². The maximum Gasteiger partial charge on any atom is 0.164 e. The average molecular weight is 692 g/mol. The van der Waals surface area contributed by atoms with Crippen LogP contribution in [0, 0.1) is 0 Å². The van der Waals surface area contributed by atoms with E-state index in [1.165, 1.54) is 5.56 Å². The summed E-state index contributed by atoms with van der Waals surface area (Å²) in [5.41, 5.74) is 10.7. The molecule has 5 heteroatoms. The average Bonchev–Trinajstić information content (AvgIpc) is 3.82. The molecule has 3 heterocycles. The Bertz CT molecular complexity index is 3200. The van der Waals surface area contributed by atoms with Crippen molar-refractivity contribution in [1.29, 1.82) is 0 Å². The van der Waals surface area contributed by atoms with E-state index < -0.39 is 0 Å². The summed E-state index contributed by atoms with van der Waals surface area (Å²) in [6.07, 6.45) is 0. The van der Waals surface area contributed by atoms with Gasteiger partial charge in [-0.25, -0.2) is 15.0 Å². The molecule has 0 atom stereocenters. The van der Waals surface area contributed by atoms with Crippen LogP contribution in [-0.4, -0.2) is 15.0 Å². The highest BCUT2D eigenvalue weighted by Gasteiger charge is 2.18. The van der Waals surface area contributed by atoms with Crippen LogP contribution < -0.4 is 0 Å². The lowest BCUT2D eigenvalue weighted by Gasteiger charge is -2.12. The molecule has 0 N–H and O–H groups in total. The lowest BCUT2D eigenvalue weighted by Crippen LogP contribution is -2.00. The Morgan fingerprint density at radius 2 is 0.778 bits per heavy atom. The van der Waals surface area contributed by atoms with Gasteiger partial charge in [-0.3, -0.25) is 0 Å². The predicted octanol–water partition coefficient (Wildman–Crippen LogP) is 13.2. The molecular weight excluding hydrogens is 663 g/mol. The Hall–Kier alpha value is -7.37. The molecule has 0 unspecified atom stereocenters. The van der Waals surface area contributed by atoms with Crippen molar-refractivity contribution in [2.24, 2.45) is 0 Å². The third kappa shape index (κ3) is 4.98. The maximum absolute atomic E-state index is 6.49. The number of fused-ring (bicyclic) bond motifs is 8. The fourth-order valence-electron chi connectivity index (χ4n) is 7.66. The third-order valence-corrected chi connectivity index (χ3v) is 10.3. The molecule has 5 nitrogen and oxygen atoms in total. The molecule has 0 amide bonds. The summed E-state index contributed by atoms with van der Waals surface area (Å²) >= 11 is 0. The van der Waals surface area contributed by atoms with Gasteiger partial charge in [-0.15, -0.1) is 0 Å². The first-order chi connectivity index (χ1) is 26.7. The number of para-hydroxylation sites is 2. The van der Waals surface area contributed by atoms with Crippen LogP contribution in [0.1, 0.15) is 0 Å². The monoisotopic (exact) mass is 691 g/mol. The van der Waals surface area contributed by atoms with Gasteiger partial charge in [0.1, 0.15) is 22.3 Å². The Morgan fingerprint density at radius 3 is 1.50 bits per heavy atom. The predicted molar refractivity (Wildman–Crippen MR) is 219 cm³/mol. The lowest BCUT2D eigenvalue weighted by molar-refractivity contribution is 0.669. The van der Waals surface area contributed by atoms with Crippen LogP contribution in [0.4, 0.5) is 0 Å². The molecule has 0 bridgehead atoms. The van der Waals surface area contributed by atoms with Gasteiger partial charge in [-0.2, -0.15) is 0 Å². The number of hydrogen-bond acceptors (Lipinski definition) is 5. The highest BCUT2D eigenvalue weighted by Crippen LogP contribution is 2.42. The fourth-order valence-corrected chi connectivity index (χ4v) is 7.66. The molecule has 54 heavy (non-hydrogen) atoms. The molecule has 0 saturated heterocycles. The molecule has 3 aromatic heterocycles. The summed E-state index contributed by atoms with van der Waals surface area (Å²) in [6, 6.07) is 60.6. The van der Waals surface area contributed by atoms with Gasteiger partial charge >= 0.3 is 0 Å². The number of nitrogens with zero attached hydrogens (tertiary/aromatic N) is 3. The molecule has 0 radical (unpaired) electrons. The molecular formula is C49H29N3O2. The van der Waals surface area contributed by atoms with E-state index >= 15 is 0 Å². The zero-order chi connectivity index (χ0) is 35.6. The minimum Gasteiger partial charge on any atom is -0.456 e. The van der Waals surface area contributed by atoms with Crippen LogP contribution in [0.3, 0.4) is 0 Å². The smallest absolute Gasteiger partial charge is 0.164 e. The first-order valence-electron chi connectivity index (χ1n) is 18.0. The van der Waals surface area contributed by atoms with Crippen molar-refractivity contribution in [2.75, 3.05) is 0 Å². The van der Waals surface area contributed by atoms with Crippen LogP contribution in [0.2, 0.25) is 0 Å². The van der Waals surface area contributed by atoms with Gasteiger partial charge in [0, 0.05) is 43.6 Å². The molecule has 0 spiro atoms. The van der Waals surface area contributed by atoms with E-state index in [1.807, 2.05) is 72.8 Å². The van der Waals surface area contributed by atoms with E-state index in [4.69, 9.17) is 23.8 Å². The summed E-state index contributed by atoms with van der Waals surface area (Å²) in [7, 11) is 0. The maximum atomic E-state index is 6.49. The van der Waals surface area contributed by atoms with E-state index in [-0.39, 0.29) is 0 Å². The Labute approximate surface area is 309 Å². The van der Waals surface area contributed by atoms with Crippen molar-refractivity contribution in [3.8, 4) is 56.4 Å². The normalized spacial score (nSPS) is 11.7. The largest absolute Gasteiger partial charge is 0.456 e. The van der Waals surface area contributed by atoms with Crippen molar-refractivity contribution in [1.82, 2.24) is 15.0 Å². The molecule has 252 valence electrons. The second-order valence-corrected chi connectivity index (χ2v) is 13.6. The van der Waals surface area contributed by atoms with E-state index in [2.05, 4.69) is 103 Å². The Morgan fingerprint density at radius 1 is 0.278 bits per heavy atom. The van der Waals surface area contributed by atoms with E-state index in [9.17, 15) is 0 Å². The standard InChI is InChI=1S/C49H29N3O2/c1-3-11-30(12-4-1)34-23-26-39-41(27-34)40(29-42-37-16-8-10-18-44(37)54-46(39)42)31-19-21-33(22-20-31)48-50-47(32-13-5-2-6-14-32)51-49(52-48)35-24-25-38-36-15-7-9-17-43(36)53-45(38)28-35/h1-29H. The molecule has 11 aromatic rings. The summed E-state index contributed by atoms with van der Waals surface area (Å²) in [5, 5.41) is 6.56. The number of rotatable bonds is 5. The van der Waals surface area contributed by atoms with Gasteiger partial charge in [-0.05, 0) is 70.1 Å². The third-order valence-electron chi connectivity index (χ3n) is 10.3. The summed E-state index contributed by atoms with van der Waals surface area (Å²) < 4.78 is 12.7. The Kier molecular flexibility index (Phi) is 6.79. The van der Waals surface area contributed by atoms with Crippen LogP contribution >= 0.6 is 0 Å². The lowest BCUT2D eigenvalue weighted by atomic mass is 9.92. The topological polar surface area (TPSA) is 65.0 Å². The minimum atomic E-state index is 0.585. The number of furan rings is 2. The molecule has 0 aliphatic heterocycles.